The summed E-state index contributed by atoms with van der Waals surface area (Å²) >= 11 is 1.55. The van der Waals surface area contributed by atoms with E-state index < -0.39 is 17.9 Å². The van der Waals surface area contributed by atoms with Gasteiger partial charge in [0.1, 0.15) is 0 Å². The van der Waals surface area contributed by atoms with Crippen molar-refractivity contribution in [3.8, 4) is 0 Å². The lowest BCUT2D eigenvalue weighted by atomic mass is 9.99. The van der Waals surface area contributed by atoms with Crippen LogP contribution in [0.25, 0.3) is 0 Å². The fourth-order valence-electron chi connectivity index (χ4n) is 2.91. The number of thiophene rings is 1. The van der Waals surface area contributed by atoms with Crippen LogP contribution >= 0.6 is 11.3 Å². The maximum Gasteiger partial charge on any atom is 0.309 e. The second-order valence-electron chi connectivity index (χ2n) is 5.59. The Labute approximate surface area is 132 Å². The van der Waals surface area contributed by atoms with Gasteiger partial charge in [-0.3, -0.25) is 14.3 Å². The number of aliphatic carboxylic acids is 1. The highest BCUT2D eigenvalue weighted by Gasteiger charge is 2.45. The van der Waals surface area contributed by atoms with Gasteiger partial charge in [0.15, 0.2) is 0 Å². The van der Waals surface area contributed by atoms with Crippen LogP contribution < -0.4 is 0 Å². The molecule has 1 N–H and O–H groups in total. The molecule has 1 amide bonds. The molecule has 1 aliphatic heterocycles. The highest BCUT2D eigenvalue weighted by molar-refractivity contribution is 7.12. The van der Waals surface area contributed by atoms with Gasteiger partial charge in [0.2, 0.25) is 5.91 Å². The predicted octanol–water partition coefficient (Wildman–Crippen LogP) is 1.96. The van der Waals surface area contributed by atoms with E-state index in [4.69, 9.17) is 0 Å². The summed E-state index contributed by atoms with van der Waals surface area (Å²) in [5, 5.41) is 13.6. The highest BCUT2D eigenvalue weighted by atomic mass is 32.1. The van der Waals surface area contributed by atoms with Crippen molar-refractivity contribution in [2.24, 2.45) is 13.0 Å². The van der Waals surface area contributed by atoms with Crippen molar-refractivity contribution < 1.29 is 14.7 Å². The first-order valence-electron chi connectivity index (χ1n) is 7.02. The number of carbonyl (C=O) groups excluding carboxylic acids is 1. The van der Waals surface area contributed by atoms with E-state index in [1.165, 1.54) is 0 Å². The predicted molar refractivity (Wildman–Crippen MR) is 81.3 cm³/mol. The largest absolute Gasteiger partial charge is 0.481 e. The number of hydrogen-bond acceptors (Lipinski definition) is 4. The normalized spacial score (nSPS) is 21.5. The number of rotatable bonds is 4. The summed E-state index contributed by atoms with van der Waals surface area (Å²) < 4.78 is 1.68. The molecule has 116 valence electrons. The number of hydrogen-bond donors (Lipinski definition) is 1. The lowest BCUT2D eigenvalue weighted by molar-refractivity contribution is -0.142. The number of aromatic nitrogens is 2. The number of likely N-dealkylation sites (tertiary alicyclic amines) is 1. The Hall–Kier alpha value is -2.15. The first-order chi connectivity index (χ1) is 10.5. The van der Waals surface area contributed by atoms with E-state index in [9.17, 15) is 14.7 Å². The van der Waals surface area contributed by atoms with Crippen molar-refractivity contribution in [3.63, 3.8) is 0 Å². The van der Waals surface area contributed by atoms with E-state index in [-0.39, 0.29) is 12.3 Å². The number of amides is 1. The zero-order valence-electron chi connectivity index (χ0n) is 12.4. The standard InChI is InChI=1S/C15H17N3O3S/c1-9-3-4-12(22-9)14-11(15(20)21)5-13(19)18(14)8-10-6-16-17(2)7-10/h3-4,6-7,11,14H,5,8H2,1-2H3,(H,20,21)/t11-,14-/m0/s1. The van der Waals surface area contributed by atoms with Crippen LogP contribution in [0, 0.1) is 12.8 Å². The quantitative estimate of drug-likeness (QED) is 0.935. The van der Waals surface area contributed by atoms with Crippen molar-refractivity contribution in [2.45, 2.75) is 25.9 Å². The molecule has 1 saturated heterocycles. The molecule has 3 heterocycles. The zero-order valence-corrected chi connectivity index (χ0v) is 13.2. The Morgan fingerprint density at radius 1 is 1.50 bits per heavy atom. The molecule has 1 fully saturated rings. The molecule has 0 radical (unpaired) electrons. The molecule has 0 aliphatic carbocycles. The van der Waals surface area contributed by atoms with Gasteiger partial charge in [-0.25, -0.2) is 0 Å². The third-order valence-electron chi connectivity index (χ3n) is 3.91. The van der Waals surface area contributed by atoms with Gasteiger partial charge in [0.05, 0.1) is 18.2 Å². The molecule has 0 aromatic carbocycles. The molecule has 0 spiro atoms. The van der Waals surface area contributed by atoms with Gasteiger partial charge >= 0.3 is 5.97 Å². The van der Waals surface area contributed by atoms with E-state index in [1.54, 1.807) is 27.1 Å². The summed E-state index contributed by atoms with van der Waals surface area (Å²) in [5.41, 5.74) is 0.903. The van der Waals surface area contributed by atoms with Gasteiger partial charge in [0.25, 0.3) is 0 Å². The van der Waals surface area contributed by atoms with E-state index in [0.29, 0.717) is 6.54 Å². The number of aryl methyl sites for hydroxylation is 2. The molecular weight excluding hydrogens is 302 g/mol. The monoisotopic (exact) mass is 319 g/mol. The molecule has 1 aliphatic rings. The molecule has 2 aromatic rings. The summed E-state index contributed by atoms with van der Waals surface area (Å²) in [6.07, 6.45) is 3.60. The third-order valence-corrected chi connectivity index (χ3v) is 4.98. The van der Waals surface area contributed by atoms with Crippen molar-refractivity contribution in [2.75, 3.05) is 0 Å². The summed E-state index contributed by atoms with van der Waals surface area (Å²) in [6, 6.07) is 3.49. The van der Waals surface area contributed by atoms with Crippen LogP contribution in [0.3, 0.4) is 0 Å². The maximum atomic E-state index is 12.3. The number of carbonyl (C=O) groups is 2. The van der Waals surface area contributed by atoms with Crippen LogP contribution in [0.15, 0.2) is 24.5 Å². The first kappa shape index (κ1) is 14.8. The van der Waals surface area contributed by atoms with E-state index >= 15 is 0 Å². The maximum absolute atomic E-state index is 12.3. The summed E-state index contributed by atoms with van der Waals surface area (Å²) in [6.45, 7) is 2.37. The highest BCUT2D eigenvalue weighted by Crippen LogP contribution is 2.41. The van der Waals surface area contributed by atoms with Crippen LogP contribution in [0.4, 0.5) is 0 Å². The fourth-order valence-corrected chi connectivity index (χ4v) is 3.97. The molecule has 0 unspecified atom stereocenters. The number of carboxylic acids is 1. The Morgan fingerprint density at radius 3 is 2.82 bits per heavy atom. The molecular formula is C15H17N3O3S. The molecule has 22 heavy (non-hydrogen) atoms. The van der Waals surface area contributed by atoms with Crippen molar-refractivity contribution in [3.05, 3.63) is 39.8 Å². The summed E-state index contributed by atoms with van der Waals surface area (Å²) in [4.78, 5) is 27.6. The van der Waals surface area contributed by atoms with E-state index in [0.717, 1.165) is 15.3 Å². The van der Waals surface area contributed by atoms with Gasteiger partial charge in [-0.05, 0) is 19.1 Å². The minimum atomic E-state index is -0.918. The van der Waals surface area contributed by atoms with Crippen LogP contribution in [-0.2, 0) is 23.2 Å². The van der Waals surface area contributed by atoms with Crippen LogP contribution in [0.5, 0.6) is 0 Å². The van der Waals surface area contributed by atoms with Crippen LogP contribution in [-0.4, -0.2) is 31.7 Å². The average Bonchev–Trinajstić information content (AvgIpc) is 3.12. The first-order valence-corrected chi connectivity index (χ1v) is 7.83. The van der Waals surface area contributed by atoms with Crippen molar-refractivity contribution >= 4 is 23.2 Å². The summed E-state index contributed by atoms with van der Waals surface area (Å²) in [7, 11) is 1.81. The lowest BCUT2D eigenvalue weighted by Crippen LogP contribution is -2.29. The molecule has 6 nitrogen and oxygen atoms in total. The molecule has 0 bridgehead atoms. The minimum Gasteiger partial charge on any atom is -0.481 e. The van der Waals surface area contributed by atoms with Gasteiger partial charge in [0, 0.05) is 41.5 Å². The second kappa shape index (κ2) is 5.57. The third kappa shape index (κ3) is 2.64. The summed E-state index contributed by atoms with van der Waals surface area (Å²) in [5.74, 6) is -1.73. The zero-order chi connectivity index (χ0) is 15.9. The molecule has 7 heteroatoms. The SMILES string of the molecule is Cc1ccc([C@@H]2[C@@H](C(=O)O)CC(=O)N2Cc2cnn(C)c2)s1. The van der Waals surface area contributed by atoms with Gasteiger partial charge < -0.3 is 10.0 Å². The molecule has 2 aromatic heterocycles. The number of nitrogens with zero attached hydrogens (tertiary/aromatic N) is 3. The minimum absolute atomic E-state index is 0.0528. The van der Waals surface area contributed by atoms with Crippen molar-refractivity contribution in [1.82, 2.24) is 14.7 Å². The topological polar surface area (TPSA) is 75.4 Å². The van der Waals surface area contributed by atoms with Gasteiger partial charge in [-0.1, -0.05) is 0 Å². The fraction of sp³-hybridized carbons (Fsp3) is 0.400. The Morgan fingerprint density at radius 2 is 2.27 bits per heavy atom. The van der Waals surface area contributed by atoms with Crippen LogP contribution in [0.1, 0.15) is 27.8 Å². The van der Waals surface area contributed by atoms with E-state index in [2.05, 4.69) is 5.10 Å². The second-order valence-corrected chi connectivity index (χ2v) is 6.91. The van der Waals surface area contributed by atoms with Crippen LogP contribution in [0.2, 0.25) is 0 Å². The van der Waals surface area contributed by atoms with E-state index in [1.807, 2.05) is 32.3 Å². The average molecular weight is 319 g/mol. The Balaban J connectivity index is 1.94. The number of carboxylic acid groups (broad SMARTS) is 1. The Bertz CT molecular complexity index is 721. The van der Waals surface area contributed by atoms with Gasteiger partial charge in [-0.15, -0.1) is 11.3 Å². The molecule has 3 rings (SSSR count). The lowest BCUT2D eigenvalue weighted by Gasteiger charge is -2.25. The smallest absolute Gasteiger partial charge is 0.309 e. The van der Waals surface area contributed by atoms with Crippen molar-refractivity contribution in [1.29, 1.82) is 0 Å². The molecule has 0 saturated carbocycles. The molecule has 2 atom stereocenters. The Kier molecular flexibility index (Phi) is 3.74. The van der Waals surface area contributed by atoms with Gasteiger partial charge in [-0.2, -0.15) is 5.10 Å².